The Morgan fingerprint density at radius 3 is 2.48 bits per heavy atom. The molecule has 0 amide bonds. The maximum Gasteiger partial charge on any atom is 0.293 e. The lowest BCUT2D eigenvalue weighted by Crippen LogP contribution is -2.37. The van der Waals surface area contributed by atoms with Crippen LogP contribution in [0.3, 0.4) is 0 Å². The topological polar surface area (TPSA) is 114 Å². The van der Waals surface area contributed by atoms with E-state index in [4.69, 9.17) is 4.74 Å². The molecule has 1 heterocycles. The molecule has 1 aliphatic rings. The first kappa shape index (κ1) is 23.0. The van der Waals surface area contributed by atoms with Gasteiger partial charge in [-0.1, -0.05) is 17.7 Å². The fourth-order valence-corrected chi connectivity index (χ4v) is 4.61. The van der Waals surface area contributed by atoms with Gasteiger partial charge in [-0.3, -0.25) is 19.7 Å². The summed E-state index contributed by atoms with van der Waals surface area (Å²) in [6.45, 7) is 8.37. The number of hydrogen-bond donors (Lipinski definition) is 2. The van der Waals surface area contributed by atoms with Crippen molar-refractivity contribution in [3.05, 3.63) is 57.6 Å². The maximum atomic E-state index is 12.8. The molecule has 3 rings (SSSR count). The summed E-state index contributed by atoms with van der Waals surface area (Å²) in [5, 5.41) is 14.6. The third-order valence-electron chi connectivity index (χ3n) is 5.17. The number of nitro benzene ring substituents is 1. The van der Waals surface area contributed by atoms with Crippen molar-refractivity contribution < 1.29 is 18.1 Å². The highest BCUT2D eigenvalue weighted by atomic mass is 32.2. The number of nitrogens with zero attached hydrogens (tertiary/aromatic N) is 2. The molecule has 1 saturated heterocycles. The van der Waals surface area contributed by atoms with Gasteiger partial charge in [0.05, 0.1) is 28.7 Å². The number of aryl methyl sites for hydroxylation is 2. The van der Waals surface area contributed by atoms with E-state index in [1.165, 1.54) is 12.1 Å². The van der Waals surface area contributed by atoms with Gasteiger partial charge in [0.15, 0.2) is 0 Å². The fraction of sp³-hybridized carbons (Fsp3) is 0.429. The Kier molecular flexibility index (Phi) is 7.47. The summed E-state index contributed by atoms with van der Waals surface area (Å²) in [5.41, 5.74) is 2.27. The molecule has 0 aromatic heterocycles. The normalized spacial score (nSPS) is 14.9. The molecule has 2 aromatic carbocycles. The SMILES string of the molecule is Cc1ccc(NS(=O)(=O)c2ccc(NCCCN3CCOCC3)c([N+](=O)[O-])c2)c(C)c1. The predicted octanol–water partition coefficient (Wildman–Crippen LogP) is 3.15. The lowest BCUT2D eigenvalue weighted by molar-refractivity contribution is -0.384. The number of benzene rings is 2. The molecule has 1 fully saturated rings. The van der Waals surface area contributed by atoms with Crippen molar-refractivity contribution in [3.8, 4) is 0 Å². The van der Waals surface area contributed by atoms with Gasteiger partial charge in [0.1, 0.15) is 5.69 Å². The average molecular weight is 449 g/mol. The number of nitrogens with one attached hydrogen (secondary N) is 2. The first-order chi connectivity index (χ1) is 14.8. The van der Waals surface area contributed by atoms with Crippen LogP contribution in [0.15, 0.2) is 41.3 Å². The molecule has 168 valence electrons. The molecule has 0 aliphatic carbocycles. The summed E-state index contributed by atoms with van der Waals surface area (Å²) in [4.78, 5) is 13.1. The van der Waals surface area contributed by atoms with Crippen LogP contribution in [0.4, 0.5) is 17.1 Å². The van der Waals surface area contributed by atoms with Crippen LogP contribution in [0, 0.1) is 24.0 Å². The van der Waals surface area contributed by atoms with Gasteiger partial charge in [-0.25, -0.2) is 8.42 Å². The number of ether oxygens (including phenoxy) is 1. The molecule has 0 radical (unpaired) electrons. The standard InChI is InChI=1S/C21H28N4O5S/c1-16-4-6-19(17(2)14-16)23-31(28,29)18-5-7-20(21(15-18)25(26)27)22-8-3-9-24-10-12-30-13-11-24/h4-7,14-15,22-23H,3,8-13H2,1-2H3. The molecule has 0 bridgehead atoms. The number of anilines is 2. The van der Waals surface area contributed by atoms with Crippen LogP contribution in [-0.4, -0.2) is 57.6 Å². The number of hydrogen-bond acceptors (Lipinski definition) is 7. The van der Waals surface area contributed by atoms with Crippen molar-refractivity contribution in [2.75, 3.05) is 49.4 Å². The lowest BCUT2D eigenvalue weighted by atomic mass is 10.1. The van der Waals surface area contributed by atoms with Gasteiger partial charge < -0.3 is 10.1 Å². The minimum Gasteiger partial charge on any atom is -0.379 e. The van der Waals surface area contributed by atoms with Gasteiger partial charge in [0.25, 0.3) is 15.7 Å². The van der Waals surface area contributed by atoms with Crippen LogP contribution >= 0.6 is 0 Å². The Balaban J connectivity index is 1.69. The Labute approximate surface area is 182 Å². The van der Waals surface area contributed by atoms with Crippen LogP contribution in [-0.2, 0) is 14.8 Å². The smallest absolute Gasteiger partial charge is 0.293 e. The Bertz CT molecular complexity index is 1040. The lowest BCUT2D eigenvalue weighted by Gasteiger charge is -2.26. The molecule has 1 aliphatic heterocycles. The molecule has 0 spiro atoms. The molecule has 0 atom stereocenters. The van der Waals surface area contributed by atoms with E-state index in [1.54, 1.807) is 19.1 Å². The van der Waals surface area contributed by atoms with Gasteiger partial charge in [0, 0.05) is 25.7 Å². The highest BCUT2D eigenvalue weighted by Gasteiger charge is 2.22. The fourth-order valence-electron chi connectivity index (χ4n) is 3.46. The summed E-state index contributed by atoms with van der Waals surface area (Å²) in [6, 6.07) is 9.27. The van der Waals surface area contributed by atoms with Crippen molar-refractivity contribution in [2.45, 2.75) is 25.2 Å². The third kappa shape index (κ3) is 6.16. The van der Waals surface area contributed by atoms with Crippen LogP contribution < -0.4 is 10.0 Å². The van der Waals surface area contributed by atoms with Gasteiger partial charge >= 0.3 is 0 Å². The van der Waals surface area contributed by atoms with Crippen molar-refractivity contribution in [3.63, 3.8) is 0 Å². The molecular weight excluding hydrogens is 420 g/mol. The highest BCUT2D eigenvalue weighted by Crippen LogP contribution is 2.29. The van der Waals surface area contributed by atoms with E-state index in [0.717, 1.165) is 56.5 Å². The van der Waals surface area contributed by atoms with Crippen molar-refractivity contribution >= 4 is 27.1 Å². The molecule has 2 N–H and O–H groups in total. The highest BCUT2D eigenvalue weighted by molar-refractivity contribution is 7.92. The molecular formula is C21H28N4O5S. The number of sulfonamides is 1. The summed E-state index contributed by atoms with van der Waals surface area (Å²) in [5.74, 6) is 0. The van der Waals surface area contributed by atoms with Crippen molar-refractivity contribution in [2.24, 2.45) is 0 Å². The van der Waals surface area contributed by atoms with Crippen LogP contribution in [0.1, 0.15) is 17.5 Å². The maximum absolute atomic E-state index is 12.8. The second-order valence-electron chi connectivity index (χ2n) is 7.59. The molecule has 9 nitrogen and oxygen atoms in total. The summed E-state index contributed by atoms with van der Waals surface area (Å²) < 4.78 is 33.4. The minimum atomic E-state index is -3.96. The Hall–Kier alpha value is -2.69. The van der Waals surface area contributed by atoms with Gasteiger partial charge in [-0.05, 0) is 50.6 Å². The third-order valence-corrected chi connectivity index (χ3v) is 6.54. The molecule has 2 aromatic rings. The van der Waals surface area contributed by atoms with E-state index >= 15 is 0 Å². The van der Waals surface area contributed by atoms with Crippen LogP contribution in [0.25, 0.3) is 0 Å². The van der Waals surface area contributed by atoms with Crippen molar-refractivity contribution in [1.29, 1.82) is 0 Å². The van der Waals surface area contributed by atoms with E-state index in [1.807, 2.05) is 13.0 Å². The molecule has 0 saturated carbocycles. The summed E-state index contributed by atoms with van der Waals surface area (Å²) in [7, 11) is -3.96. The average Bonchev–Trinajstić information content (AvgIpc) is 2.74. The van der Waals surface area contributed by atoms with Gasteiger partial charge in [0.2, 0.25) is 0 Å². The molecule has 0 unspecified atom stereocenters. The molecule has 10 heteroatoms. The monoisotopic (exact) mass is 448 g/mol. The minimum absolute atomic E-state index is 0.155. The van der Waals surface area contributed by atoms with Crippen LogP contribution in [0.5, 0.6) is 0 Å². The Morgan fingerprint density at radius 1 is 1.10 bits per heavy atom. The zero-order valence-corrected chi connectivity index (χ0v) is 18.6. The Morgan fingerprint density at radius 2 is 1.81 bits per heavy atom. The quantitative estimate of drug-likeness (QED) is 0.344. The zero-order chi connectivity index (χ0) is 22.4. The second-order valence-corrected chi connectivity index (χ2v) is 9.28. The number of rotatable bonds is 9. The van der Waals surface area contributed by atoms with Crippen molar-refractivity contribution in [1.82, 2.24) is 4.90 Å². The summed E-state index contributed by atoms with van der Waals surface area (Å²) in [6.07, 6.45) is 0.811. The second kappa shape index (κ2) is 10.1. The van der Waals surface area contributed by atoms with Gasteiger partial charge in [-0.15, -0.1) is 0 Å². The summed E-state index contributed by atoms with van der Waals surface area (Å²) >= 11 is 0. The number of morpholine rings is 1. The zero-order valence-electron chi connectivity index (χ0n) is 17.8. The van der Waals surface area contributed by atoms with E-state index in [2.05, 4.69) is 14.9 Å². The first-order valence-corrected chi connectivity index (χ1v) is 11.7. The van der Waals surface area contributed by atoms with E-state index in [0.29, 0.717) is 17.9 Å². The van der Waals surface area contributed by atoms with Gasteiger partial charge in [-0.2, -0.15) is 0 Å². The largest absolute Gasteiger partial charge is 0.379 e. The van der Waals surface area contributed by atoms with Crippen LogP contribution in [0.2, 0.25) is 0 Å². The van der Waals surface area contributed by atoms with E-state index < -0.39 is 14.9 Å². The predicted molar refractivity (Wildman–Crippen MR) is 120 cm³/mol. The van der Waals surface area contributed by atoms with E-state index in [-0.39, 0.29) is 10.6 Å². The van der Waals surface area contributed by atoms with E-state index in [9.17, 15) is 18.5 Å². The molecule has 31 heavy (non-hydrogen) atoms. The first-order valence-electron chi connectivity index (χ1n) is 10.2. The number of nitro groups is 1.